The largest absolute Gasteiger partial charge is 0.391 e. The first-order chi connectivity index (χ1) is 12.5. The Morgan fingerprint density at radius 2 is 2.00 bits per heavy atom. The van der Waals surface area contributed by atoms with Crippen molar-refractivity contribution in [3.8, 4) is 0 Å². The molecule has 3 rings (SSSR count). The Bertz CT molecular complexity index is 797. The van der Waals surface area contributed by atoms with Crippen molar-refractivity contribution in [2.24, 2.45) is 5.92 Å². The first-order valence-electron chi connectivity index (χ1n) is 8.32. The summed E-state index contributed by atoms with van der Waals surface area (Å²) in [7, 11) is 0. The van der Waals surface area contributed by atoms with E-state index in [4.69, 9.17) is 0 Å². The smallest absolute Gasteiger partial charge is 0.293 e. The second-order valence-electron chi connectivity index (χ2n) is 6.18. The number of nitro groups is 1. The van der Waals surface area contributed by atoms with E-state index in [9.17, 15) is 20.0 Å². The summed E-state index contributed by atoms with van der Waals surface area (Å²) in [6, 6.07) is 13.4. The lowest BCUT2D eigenvalue weighted by molar-refractivity contribution is -0.383. The summed E-state index contributed by atoms with van der Waals surface area (Å²) in [4.78, 5) is 23.2. The van der Waals surface area contributed by atoms with Crippen LogP contribution in [0, 0.1) is 16.0 Å². The molecule has 1 fully saturated rings. The Hall–Kier alpha value is -2.97. The molecule has 1 heterocycles. The van der Waals surface area contributed by atoms with Crippen molar-refractivity contribution in [3.63, 3.8) is 0 Å². The number of rotatable bonds is 6. The van der Waals surface area contributed by atoms with Crippen molar-refractivity contribution in [1.29, 1.82) is 0 Å². The minimum Gasteiger partial charge on any atom is -0.391 e. The predicted octanol–water partition coefficient (Wildman–Crippen LogP) is 1.65. The Balaban J connectivity index is 1.73. The van der Waals surface area contributed by atoms with Gasteiger partial charge in [0, 0.05) is 42.9 Å². The fourth-order valence-corrected chi connectivity index (χ4v) is 2.86. The number of hydrogen-bond donors (Lipinski definition) is 4. The SMILES string of the molecule is O=C(NCC1CNCC1O)c1ccc(Nc2ccccc2)c([N+](=O)[O-])c1. The van der Waals surface area contributed by atoms with Crippen LogP contribution in [0.2, 0.25) is 0 Å². The molecule has 1 aliphatic rings. The van der Waals surface area contributed by atoms with Crippen LogP contribution in [0.1, 0.15) is 10.4 Å². The van der Waals surface area contributed by atoms with E-state index in [1.807, 2.05) is 18.2 Å². The molecular formula is C18H20N4O4. The molecule has 2 unspecified atom stereocenters. The highest BCUT2D eigenvalue weighted by Crippen LogP contribution is 2.28. The maximum atomic E-state index is 12.3. The molecule has 2 aromatic carbocycles. The lowest BCUT2D eigenvalue weighted by Gasteiger charge is -2.14. The van der Waals surface area contributed by atoms with Gasteiger partial charge in [0.05, 0.1) is 11.0 Å². The number of anilines is 2. The van der Waals surface area contributed by atoms with Crippen LogP contribution in [0.3, 0.4) is 0 Å². The first kappa shape index (κ1) is 17.8. The number of β-amino-alcohol motifs (C(OH)–C–C–N with tert-alkyl or cyclic N) is 1. The normalized spacial score (nSPS) is 19.1. The van der Waals surface area contributed by atoms with E-state index in [2.05, 4.69) is 16.0 Å². The molecule has 2 atom stereocenters. The topological polar surface area (TPSA) is 117 Å². The molecule has 26 heavy (non-hydrogen) atoms. The molecule has 0 saturated carbocycles. The molecule has 0 radical (unpaired) electrons. The number of carbonyl (C=O) groups is 1. The summed E-state index contributed by atoms with van der Waals surface area (Å²) in [5, 5.41) is 29.9. The molecule has 8 nitrogen and oxygen atoms in total. The van der Waals surface area contributed by atoms with Gasteiger partial charge in [0.15, 0.2) is 0 Å². The summed E-state index contributed by atoms with van der Waals surface area (Å²) < 4.78 is 0. The minimum atomic E-state index is -0.521. The van der Waals surface area contributed by atoms with Gasteiger partial charge in [0.25, 0.3) is 11.6 Å². The average Bonchev–Trinajstić information content (AvgIpc) is 3.05. The van der Waals surface area contributed by atoms with Crippen molar-refractivity contribution < 1.29 is 14.8 Å². The van der Waals surface area contributed by atoms with Crippen LogP contribution >= 0.6 is 0 Å². The van der Waals surface area contributed by atoms with Crippen LogP contribution in [0.25, 0.3) is 0 Å². The van der Waals surface area contributed by atoms with Crippen LogP contribution in [-0.4, -0.2) is 41.7 Å². The van der Waals surface area contributed by atoms with Gasteiger partial charge in [-0.2, -0.15) is 0 Å². The highest BCUT2D eigenvalue weighted by atomic mass is 16.6. The number of nitrogens with one attached hydrogen (secondary N) is 3. The molecule has 0 aliphatic carbocycles. The van der Waals surface area contributed by atoms with Crippen LogP contribution in [0.15, 0.2) is 48.5 Å². The Morgan fingerprint density at radius 3 is 2.65 bits per heavy atom. The van der Waals surface area contributed by atoms with Gasteiger partial charge in [-0.3, -0.25) is 14.9 Å². The number of nitro benzene ring substituents is 1. The van der Waals surface area contributed by atoms with Crippen molar-refractivity contribution in [2.75, 3.05) is 25.0 Å². The second kappa shape index (κ2) is 7.94. The van der Waals surface area contributed by atoms with Gasteiger partial charge in [0.2, 0.25) is 0 Å². The zero-order valence-electron chi connectivity index (χ0n) is 14.0. The van der Waals surface area contributed by atoms with Crippen LogP contribution in [0.5, 0.6) is 0 Å². The Kier molecular flexibility index (Phi) is 5.45. The summed E-state index contributed by atoms with van der Waals surface area (Å²) in [5.41, 5.74) is 1.06. The second-order valence-corrected chi connectivity index (χ2v) is 6.18. The summed E-state index contributed by atoms with van der Waals surface area (Å²) in [6.45, 7) is 1.44. The standard InChI is InChI=1S/C18H20N4O4/c23-17-11-19-9-13(17)10-20-18(24)12-6-7-15(16(8-12)22(25)26)21-14-4-2-1-3-5-14/h1-8,13,17,19,21,23H,9-11H2,(H,20,24). The number of para-hydroxylation sites is 1. The molecule has 2 aromatic rings. The predicted molar refractivity (Wildman–Crippen MR) is 97.5 cm³/mol. The number of benzene rings is 2. The maximum absolute atomic E-state index is 12.3. The monoisotopic (exact) mass is 356 g/mol. The number of aliphatic hydroxyl groups excluding tert-OH is 1. The van der Waals surface area contributed by atoms with Crippen LogP contribution < -0.4 is 16.0 Å². The van der Waals surface area contributed by atoms with Crippen molar-refractivity contribution in [2.45, 2.75) is 6.10 Å². The zero-order chi connectivity index (χ0) is 18.5. The van der Waals surface area contributed by atoms with Gasteiger partial charge in [-0.05, 0) is 24.3 Å². The molecule has 1 saturated heterocycles. The number of amides is 1. The molecule has 8 heteroatoms. The molecule has 136 valence electrons. The van der Waals surface area contributed by atoms with E-state index >= 15 is 0 Å². The van der Waals surface area contributed by atoms with E-state index in [1.54, 1.807) is 12.1 Å². The molecular weight excluding hydrogens is 336 g/mol. The molecule has 0 bridgehead atoms. The number of nitrogens with zero attached hydrogens (tertiary/aromatic N) is 1. The molecule has 0 spiro atoms. The summed E-state index contributed by atoms with van der Waals surface area (Å²) in [5.74, 6) is -0.466. The average molecular weight is 356 g/mol. The summed E-state index contributed by atoms with van der Waals surface area (Å²) >= 11 is 0. The van der Waals surface area contributed by atoms with Gasteiger partial charge in [-0.25, -0.2) is 0 Å². The number of hydrogen-bond acceptors (Lipinski definition) is 6. The highest BCUT2D eigenvalue weighted by molar-refractivity contribution is 5.96. The van der Waals surface area contributed by atoms with E-state index in [1.165, 1.54) is 18.2 Å². The quantitative estimate of drug-likeness (QED) is 0.462. The number of carbonyl (C=O) groups excluding carboxylic acids is 1. The first-order valence-corrected chi connectivity index (χ1v) is 8.32. The number of aliphatic hydroxyl groups is 1. The molecule has 1 aliphatic heterocycles. The van der Waals surface area contributed by atoms with Crippen LogP contribution in [0.4, 0.5) is 17.1 Å². The maximum Gasteiger partial charge on any atom is 0.293 e. The van der Waals surface area contributed by atoms with Crippen molar-refractivity contribution in [3.05, 3.63) is 64.2 Å². The molecule has 4 N–H and O–H groups in total. The third-order valence-corrected chi connectivity index (χ3v) is 4.34. The highest BCUT2D eigenvalue weighted by Gasteiger charge is 2.25. The fourth-order valence-electron chi connectivity index (χ4n) is 2.86. The third kappa shape index (κ3) is 4.16. The fraction of sp³-hybridized carbons (Fsp3) is 0.278. The van der Waals surface area contributed by atoms with Gasteiger partial charge < -0.3 is 21.1 Å². The Labute approximate surface area is 150 Å². The van der Waals surface area contributed by atoms with Crippen molar-refractivity contribution >= 4 is 23.0 Å². The molecule has 1 amide bonds. The van der Waals surface area contributed by atoms with Gasteiger partial charge in [-0.15, -0.1) is 0 Å². The van der Waals surface area contributed by atoms with Gasteiger partial charge >= 0.3 is 0 Å². The van der Waals surface area contributed by atoms with E-state index in [-0.39, 0.29) is 17.2 Å². The third-order valence-electron chi connectivity index (χ3n) is 4.34. The van der Waals surface area contributed by atoms with Gasteiger partial charge in [-0.1, -0.05) is 18.2 Å². The summed E-state index contributed by atoms with van der Waals surface area (Å²) in [6.07, 6.45) is -0.498. The van der Waals surface area contributed by atoms with Gasteiger partial charge in [0.1, 0.15) is 5.69 Å². The van der Waals surface area contributed by atoms with E-state index in [0.717, 1.165) is 5.69 Å². The van der Waals surface area contributed by atoms with Crippen molar-refractivity contribution in [1.82, 2.24) is 10.6 Å². The zero-order valence-corrected chi connectivity index (χ0v) is 14.0. The van der Waals surface area contributed by atoms with E-state index in [0.29, 0.717) is 25.3 Å². The Morgan fingerprint density at radius 1 is 1.23 bits per heavy atom. The van der Waals surface area contributed by atoms with E-state index < -0.39 is 16.9 Å². The minimum absolute atomic E-state index is 0.0621. The lowest BCUT2D eigenvalue weighted by atomic mass is 10.1. The lowest BCUT2D eigenvalue weighted by Crippen LogP contribution is -2.34. The molecule has 0 aromatic heterocycles. The van der Waals surface area contributed by atoms with Crippen LogP contribution in [-0.2, 0) is 0 Å².